The SMILES string of the molecule is O=C1Cc2c([nH]c3ccc(C(F)(F)F)cc23)-c2cc(C3CO3)ccc2N1. The topological polar surface area (TPSA) is 57.4 Å². The van der Waals surface area contributed by atoms with E-state index in [1.807, 2.05) is 18.2 Å². The molecule has 2 N–H and O–H groups in total. The van der Waals surface area contributed by atoms with Crippen molar-refractivity contribution in [1.29, 1.82) is 0 Å². The Labute approximate surface area is 146 Å². The maximum absolute atomic E-state index is 13.1. The number of carbonyl (C=O) groups is 1. The van der Waals surface area contributed by atoms with Crippen molar-refractivity contribution in [2.24, 2.45) is 0 Å². The number of amides is 1. The van der Waals surface area contributed by atoms with Gasteiger partial charge in [0.1, 0.15) is 6.10 Å². The van der Waals surface area contributed by atoms with Crippen LogP contribution in [-0.4, -0.2) is 17.5 Å². The highest BCUT2D eigenvalue weighted by molar-refractivity contribution is 6.05. The lowest BCUT2D eigenvalue weighted by atomic mass is 9.99. The van der Waals surface area contributed by atoms with Gasteiger partial charge in [-0.25, -0.2) is 0 Å². The van der Waals surface area contributed by atoms with E-state index in [-0.39, 0.29) is 18.4 Å². The molecular weight excluding hydrogens is 345 g/mol. The highest BCUT2D eigenvalue weighted by atomic mass is 19.4. The number of ether oxygens (including phenoxy) is 1. The molecule has 5 rings (SSSR count). The monoisotopic (exact) mass is 358 g/mol. The zero-order valence-corrected chi connectivity index (χ0v) is 13.4. The van der Waals surface area contributed by atoms with Crippen LogP contribution in [0.1, 0.15) is 22.8 Å². The van der Waals surface area contributed by atoms with Gasteiger partial charge < -0.3 is 15.0 Å². The number of hydrogen-bond donors (Lipinski definition) is 2. The van der Waals surface area contributed by atoms with Gasteiger partial charge in [-0.15, -0.1) is 0 Å². The first-order valence-electron chi connectivity index (χ1n) is 8.18. The van der Waals surface area contributed by atoms with Gasteiger partial charge in [0.25, 0.3) is 0 Å². The van der Waals surface area contributed by atoms with Crippen LogP contribution in [-0.2, 0) is 22.1 Å². The van der Waals surface area contributed by atoms with Crippen molar-refractivity contribution in [2.75, 3.05) is 11.9 Å². The van der Waals surface area contributed by atoms with Crippen LogP contribution in [0.2, 0.25) is 0 Å². The number of benzene rings is 2. The summed E-state index contributed by atoms with van der Waals surface area (Å²) < 4.78 is 44.6. The van der Waals surface area contributed by atoms with Crippen molar-refractivity contribution >= 4 is 22.5 Å². The molecule has 0 bridgehead atoms. The number of fused-ring (bicyclic) bond motifs is 5. The fourth-order valence-electron chi connectivity index (χ4n) is 3.51. The second kappa shape index (κ2) is 5.11. The van der Waals surface area contributed by atoms with Crippen LogP contribution in [0, 0.1) is 0 Å². The summed E-state index contributed by atoms with van der Waals surface area (Å²) in [4.78, 5) is 15.5. The molecule has 1 aromatic heterocycles. The molecule has 3 heterocycles. The molecule has 0 radical (unpaired) electrons. The Morgan fingerprint density at radius 1 is 1.12 bits per heavy atom. The zero-order chi connectivity index (χ0) is 18.1. The van der Waals surface area contributed by atoms with Gasteiger partial charge in [-0.1, -0.05) is 6.07 Å². The van der Waals surface area contributed by atoms with Gasteiger partial charge in [0.2, 0.25) is 5.91 Å². The van der Waals surface area contributed by atoms with Crippen LogP contribution >= 0.6 is 0 Å². The maximum atomic E-state index is 13.1. The summed E-state index contributed by atoms with van der Waals surface area (Å²) >= 11 is 0. The number of hydrogen-bond acceptors (Lipinski definition) is 2. The third-order valence-electron chi connectivity index (χ3n) is 4.86. The first-order chi connectivity index (χ1) is 12.4. The van der Waals surface area contributed by atoms with Gasteiger partial charge in [-0.2, -0.15) is 13.2 Å². The molecule has 2 aliphatic rings. The van der Waals surface area contributed by atoms with Crippen molar-refractivity contribution in [3.05, 3.63) is 53.1 Å². The van der Waals surface area contributed by atoms with Gasteiger partial charge >= 0.3 is 6.18 Å². The Morgan fingerprint density at radius 2 is 1.92 bits per heavy atom. The third kappa shape index (κ3) is 2.39. The van der Waals surface area contributed by atoms with E-state index in [1.54, 1.807) is 0 Å². The molecule has 1 unspecified atom stereocenters. The number of alkyl halides is 3. The molecule has 7 heteroatoms. The average molecular weight is 358 g/mol. The molecule has 1 saturated heterocycles. The van der Waals surface area contributed by atoms with Crippen molar-refractivity contribution in [1.82, 2.24) is 4.98 Å². The number of epoxide rings is 1. The Balaban J connectivity index is 1.76. The van der Waals surface area contributed by atoms with E-state index in [0.717, 1.165) is 23.3 Å². The molecule has 1 amide bonds. The summed E-state index contributed by atoms with van der Waals surface area (Å²) in [6.07, 6.45) is -4.37. The summed E-state index contributed by atoms with van der Waals surface area (Å²) in [5.74, 6) is -0.251. The predicted molar refractivity (Wildman–Crippen MR) is 89.8 cm³/mol. The molecule has 2 aromatic carbocycles. The van der Waals surface area contributed by atoms with Gasteiger partial charge in [0.15, 0.2) is 0 Å². The summed E-state index contributed by atoms with van der Waals surface area (Å²) in [6, 6.07) is 9.21. The van der Waals surface area contributed by atoms with Crippen molar-refractivity contribution in [3.63, 3.8) is 0 Å². The van der Waals surface area contributed by atoms with Gasteiger partial charge in [0.05, 0.1) is 30.0 Å². The predicted octanol–water partition coefficient (Wildman–Crippen LogP) is 4.42. The molecular formula is C19H13F3N2O2. The lowest BCUT2D eigenvalue weighted by Crippen LogP contribution is -2.12. The number of halogens is 3. The van der Waals surface area contributed by atoms with E-state index in [1.165, 1.54) is 6.07 Å². The highest BCUT2D eigenvalue weighted by Gasteiger charge is 2.32. The number of carbonyl (C=O) groups excluding carboxylic acids is 1. The minimum atomic E-state index is -4.43. The van der Waals surface area contributed by atoms with Gasteiger partial charge in [0, 0.05) is 16.5 Å². The number of H-pyrrole nitrogens is 1. The van der Waals surface area contributed by atoms with Crippen molar-refractivity contribution in [3.8, 4) is 11.3 Å². The summed E-state index contributed by atoms with van der Waals surface area (Å²) in [7, 11) is 0. The average Bonchev–Trinajstić information content (AvgIpc) is 3.38. The van der Waals surface area contributed by atoms with E-state index in [0.29, 0.717) is 34.5 Å². The second-order valence-electron chi connectivity index (χ2n) is 6.59. The van der Waals surface area contributed by atoms with E-state index in [9.17, 15) is 18.0 Å². The number of rotatable bonds is 1. The van der Waals surface area contributed by atoms with Crippen LogP contribution in [0.25, 0.3) is 22.2 Å². The van der Waals surface area contributed by atoms with Crippen LogP contribution in [0.3, 0.4) is 0 Å². The fraction of sp³-hybridized carbons (Fsp3) is 0.211. The summed E-state index contributed by atoms with van der Waals surface area (Å²) in [6.45, 7) is 0.652. The molecule has 3 aromatic rings. The van der Waals surface area contributed by atoms with Crippen molar-refractivity contribution in [2.45, 2.75) is 18.7 Å². The van der Waals surface area contributed by atoms with Crippen LogP contribution in [0.15, 0.2) is 36.4 Å². The lowest BCUT2D eigenvalue weighted by molar-refractivity contribution is -0.137. The Kier molecular flexibility index (Phi) is 3.04. The Bertz CT molecular complexity index is 1060. The summed E-state index contributed by atoms with van der Waals surface area (Å²) in [5, 5.41) is 3.25. The van der Waals surface area contributed by atoms with Crippen molar-refractivity contribution < 1.29 is 22.7 Å². The Hall–Kier alpha value is -2.80. The first kappa shape index (κ1) is 15.5. The molecule has 0 saturated carbocycles. The number of anilines is 1. The normalized spacial score (nSPS) is 18.9. The molecule has 0 aliphatic carbocycles. The molecule has 132 valence electrons. The number of aromatic amines is 1. The van der Waals surface area contributed by atoms with Crippen LogP contribution < -0.4 is 5.32 Å². The molecule has 0 spiro atoms. The van der Waals surface area contributed by atoms with Crippen LogP contribution in [0.5, 0.6) is 0 Å². The molecule has 1 fully saturated rings. The molecule has 26 heavy (non-hydrogen) atoms. The largest absolute Gasteiger partial charge is 0.416 e. The maximum Gasteiger partial charge on any atom is 0.416 e. The molecule has 1 atom stereocenters. The van der Waals surface area contributed by atoms with E-state index < -0.39 is 11.7 Å². The number of aromatic nitrogens is 1. The zero-order valence-electron chi connectivity index (χ0n) is 13.4. The van der Waals surface area contributed by atoms with E-state index in [2.05, 4.69) is 10.3 Å². The molecule has 4 nitrogen and oxygen atoms in total. The smallest absolute Gasteiger partial charge is 0.368 e. The standard InChI is InChI=1S/C19H13F3N2O2/c20-19(21,22)10-2-4-14-11(6-10)12-7-17(25)23-15-3-1-9(16-8-26-16)5-13(15)18(12)24-14/h1-6,16,24H,7-8H2,(H,23,25). The lowest BCUT2D eigenvalue weighted by Gasteiger charge is -2.08. The van der Waals surface area contributed by atoms with Crippen LogP contribution in [0.4, 0.5) is 18.9 Å². The van der Waals surface area contributed by atoms with E-state index >= 15 is 0 Å². The minimum absolute atomic E-state index is 0.0145. The number of nitrogens with one attached hydrogen (secondary N) is 2. The fourth-order valence-corrected chi connectivity index (χ4v) is 3.51. The minimum Gasteiger partial charge on any atom is -0.368 e. The third-order valence-corrected chi connectivity index (χ3v) is 4.86. The summed E-state index contributed by atoms with van der Waals surface area (Å²) in [5.41, 5.74) is 3.50. The van der Waals surface area contributed by atoms with E-state index in [4.69, 9.17) is 4.74 Å². The van der Waals surface area contributed by atoms with Gasteiger partial charge in [-0.3, -0.25) is 4.79 Å². The Morgan fingerprint density at radius 3 is 2.65 bits per heavy atom. The van der Waals surface area contributed by atoms with Gasteiger partial charge in [-0.05, 0) is 41.5 Å². The second-order valence-corrected chi connectivity index (χ2v) is 6.59. The first-order valence-corrected chi connectivity index (χ1v) is 8.18. The molecule has 2 aliphatic heterocycles. The highest BCUT2D eigenvalue weighted by Crippen LogP contribution is 2.42. The quantitative estimate of drug-likeness (QED) is 0.633.